The summed E-state index contributed by atoms with van der Waals surface area (Å²) in [5, 5.41) is 9.09. The first-order valence-electron chi connectivity index (χ1n) is 9.99. The van der Waals surface area contributed by atoms with Gasteiger partial charge in [0.05, 0.1) is 21.7 Å². The van der Waals surface area contributed by atoms with E-state index in [9.17, 15) is 4.79 Å². The molecule has 4 aromatic rings. The van der Waals surface area contributed by atoms with E-state index in [1.54, 1.807) is 11.3 Å². The van der Waals surface area contributed by atoms with Gasteiger partial charge in [0, 0.05) is 10.3 Å². The van der Waals surface area contributed by atoms with E-state index in [0.29, 0.717) is 17.9 Å². The minimum absolute atomic E-state index is 0.0771. The van der Waals surface area contributed by atoms with Crippen molar-refractivity contribution < 1.29 is 13.9 Å². The van der Waals surface area contributed by atoms with Crippen LogP contribution >= 0.6 is 11.3 Å². The number of aryl methyl sites for hydroxylation is 4. The van der Waals surface area contributed by atoms with Gasteiger partial charge in [0.15, 0.2) is 6.61 Å². The van der Waals surface area contributed by atoms with Crippen molar-refractivity contribution in [3.05, 3.63) is 63.5 Å². The van der Waals surface area contributed by atoms with E-state index in [4.69, 9.17) is 9.15 Å². The number of hydrogen-bond acceptors (Lipinski definition) is 7. The van der Waals surface area contributed by atoms with Gasteiger partial charge in [-0.05, 0) is 49.9 Å². The molecule has 0 aliphatic rings. The third kappa shape index (κ3) is 3.73. The fourth-order valence-corrected chi connectivity index (χ4v) is 4.59. The highest BCUT2D eigenvalue weighted by atomic mass is 32.1. The molecule has 30 heavy (non-hydrogen) atoms. The van der Waals surface area contributed by atoms with Gasteiger partial charge in [-0.1, -0.05) is 32.0 Å². The monoisotopic (exact) mass is 421 g/mol. The Morgan fingerprint density at radius 1 is 1.13 bits per heavy atom. The molecular weight excluding hydrogens is 398 g/mol. The largest absolute Gasteiger partial charge is 0.452 e. The van der Waals surface area contributed by atoms with Gasteiger partial charge in [0.1, 0.15) is 0 Å². The van der Waals surface area contributed by atoms with Crippen LogP contribution in [0, 0.1) is 13.8 Å². The summed E-state index contributed by atoms with van der Waals surface area (Å²) in [5.41, 5.74) is 4.20. The second-order valence-corrected chi connectivity index (χ2v) is 8.21. The Labute approximate surface area is 178 Å². The van der Waals surface area contributed by atoms with Gasteiger partial charge in [-0.2, -0.15) is 0 Å². The Balaban J connectivity index is 1.54. The van der Waals surface area contributed by atoms with Crippen LogP contribution in [0.3, 0.4) is 0 Å². The number of benzene rings is 1. The molecule has 1 aromatic carbocycles. The average molecular weight is 422 g/mol. The van der Waals surface area contributed by atoms with E-state index in [0.717, 1.165) is 33.5 Å². The van der Waals surface area contributed by atoms with Gasteiger partial charge in [-0.25, -0.2) is 4.79 Å². The maximum atomic E-state index is 12.9. The molecule has 154 valence electrons. The fraction of sp³-hybridized carbons (Fsp3) is 0.304. The Morgan fingerprint density at radius 2 is 1.93 bits per heavy atom. The Bertz CT molecular complexity index is 1230. The molecule has 0 fully saturated rings. The summed E-state index contributed by atoms with van der Waals surface area (Å²) in [6.07, 6.45) is 1.60. The molecule has 6 nitrogen and oxygen atoms in total. The van der Waals surface area contributed by atoms with Crippen LogP contribution in [0.25, 0.3) is 21.7 Å². The zero-order valence-corrected chi connectivity index (χ0v) is 18.3. The molecule has 0 aliphatic carbocycles. The third-order valence-electron chi connectivity index (χ3n) is 5.11. The summed E-state index contributed by atoms with van der Waals surface area (Å²) in [6.45, 7) is 8.02. The number of carbonyl (C=O) groups excluding carboxylic acids is 1. The number of thiophene rings is 1. The lowest BCUT2D eigenvalue weighted by Gasteiger charge is -2.12. The normalized spacial score (nSPS) is 11.2. The zero-order valence-electron chi connectivity index (χ0n) is 17.5. The second-order valence-electron chi connectivity index (χ2n) is 7.08. The predicted molar refractivity (Wildman–Crippen MR) is 117 cm³/mol. The highest BCUT2D eigenvalue weighted by Gasteiger charge is 2.20. The van der Waals surface area contributed by atoms with E-state index in [2.05, 4.69) is 29.0 Å². The van der Waals surface area contributed by atoms with Crippen LogP contribution in [-0.2, 0) is 24.2 Å². The SMILES string of the molecule is CCc1nc2ccccc2c(C)c1C(=O)OCc1nnc(-c2cc(C)c(CC)s2)o1. The van der Waals surface area contributed by atoms with Crippen molar-refractivity contribution in [2.45, 2.75) is 47.1 Å². The molecular formula is C23H23N3O3S. The van der Waals surface area contributed by atoms with Gasteiger partial charge >= 0.3 is 5.97 Å². The van der Waals surface area contributed by atoms with Crippen molar-refractivity contribution >= 4 is 28.2 Å². The summed E-state index contributed by atoms with van der Waals surface area (Å²) in [7, 11) is 0. The highest BCUT2D eigenvalue weighted by molar-refractivity contribution is 7.15. The summed E-state index contributed by atoms with van der Waals surface area (Å²) in [6, 6.07) is 9.84. The van der Waals surface area contributed by atoms with Crippen LogP contribution < -0.4 is 0 Å². The number of para-hydroxylation sites is 1. The van der Waals surface area contributed by atoms with E-state index in [-0.39, 0.29) is 12.5 Å². The first-order chi connectivity index (χ1) is 14.5. The lowest BCUT2D eigenvalue weighted by atomic mass is 10.0. The second kappa shape index (κ2) is 8.36. The van der Waals surface area contributed by atoms with Gasteiger partial charge in [-0.3, -0.25) is 4.98 Å². The van der Waals surface area contributed by atoms with Crippen LogP contribution in [0.15, 0.2) is 34.7 Å². The summed E-state index contributed by atoms with van der Waals surface area (Å²) >= 11 is 1.64. The number of fused-ring (bicyclic) bond motifs is 1. The van der Waals surface area contributed by atoms with Crippen LogP contribution in [0.2, 0.25) is 0 Å². The quantitative estimate of drug-likeness (QED) is 0.386. The van der Waals surface area contributed by atoms with E-state index < -0.39 is 5.97 Å². The fourth-order valence-electron chi connectivity index (χ4n) is 3.55. The van der Waals surface area contributed by atoms with Crippen molar-refractivity contribution in [2.75, 3.05) is 0 Å². The third-order valence-corrected chi connectivity index (χ3v) is 6.48. The Morgan fingerprint density at radius 3 is 2.67 bits per heavy atom. The first-order valence-corrected chi connectivity index (χ1v) is 10.8. The summed E-state index contributed by atoms with van der Waals surface area (Å²) in [4.78, 5) is 19.7. The van der Waals surface area contributed by atoms with Crippen LogP contribution in [0.5, 0.6) is 0 Å². The topological polar surface area (TPSA) is 78.1 Å². The van der Waals surface area contributed by atoms with Crippen molar-refractivity contribution in [1.82, 2.24) is 15.2 Å². The van der Waals surface area contributed by atoms with Crippen molar-refractivity contribution in [3.63, 3.8) is 0 Å². The van der Waals surface area contributed by atoms with Crippen molar-refractivity contribution in [3.8, 4) is 10.8 Å². The number of ether oxygens (including phenoxy) is 1. The minimum atomic E-state index is -0.428. The minimum Gasteiger partial charge on any atom is -0.452 e. The van der Waals surface area contributed by atoms with E-state index >= 15 is 0 Å². The Hall–Kier alpha value is -3.06. The average Bonchev–Trinajstić information content (AvgIpc) is 3.38. The smallest absolute Gasteiger partial charge is 0.340 e. The van der Waals surface area contributed by atoms with Gasteiger partial charge < -0.3 is 9.15 Å². The lowest BCUT2D eigenvalue weighted by Crippen LogP contribution is -2.12. The molecule has 0 spiro atoms. The molecule has 0 saturated carbocycles. The molecule has 0 amide bonds. The molecule has 3 aromatic heterocycles. The number of nitrogens with zero attached hydrogens (tertiary/aromatic N) is 3. The predicted octanol–water partition coefficient (Wildman–Crippen LogP) is 5.44. The van der Waals surface area contributed by atoms with Crippen molar-refractivity contribution in [1.29, 1.82) is 0 Å². The van der Waals surface area contributed by atoms with Crippen LogP contribution in [-0.4, -0.2) is 21.2 Å². The van der Waals surface area contributed by atoms with Crippen LogP contribution in [0.1, 0.15) is 51.8 Å². The highest BCUT2D eigenvalue weighted by Crippen LogP contribution is 2.31. The van der Waals surface area contributed by atoms with Gasteiger partial charge in [-0.15, -0.1) is 21.5 Å². The number of carbonyl (C=O) groups is 1. The molecule has 4 rings (SSSR count). The van der Waals surface area contributed by atoms with Crippen LogP contribution in [0.4, 0.5) is 0 Å². The van der Waals surface area contributed by atoms with Crippen molar-refractivity contribution in [2.24, 2.45) is 0 Å². The molecule has 0 aliphatic heterocycles. The molecule has 0 atom stereocenters. The maximum absolute atomic E-state index is 12.9. The summed E-state index contributed by atoms with van der Waals surface area (Å²) in [5.74, 6) is 0.293. The Kier molecular flexibility index (Phi) is 5.63. The number of aromatic nitrogens is 3. The number of rotatable bonds is 6. The maximum Gasteiger partial charge on any atom is 0.340 e. The van der Waals surface area contributed by atoms with E-state index in [1.807, 2.05) is 44.2 Å². The zero-order chi connectivity index (χ0) is 21.3. The molecule has 0 radical (unpaired) electrons. The first kappa shape index (κ1) is 20.2. The molecule has 0 N–H and O–H groups in total. The van der Waals surface area contributed by atoms with Gasteiger partial charge in [0.25, 0.3) is 11.8 Å². The molecule has 0 saturated heterocycles. The molecule has 7 heteroatoms. The number of esters is 1. The molecule has 3 heterocycles. The molecule has 0 bridgehead atoms. The number of hydrogen-bond donors (Lipinski definition) is 0. The summed E-state index contributed by atoms with van der Waals surface area (Å²) < 4.78 is 11.2. The standard InChI is InChI=1S/C23H23N3O3S/c1-5-16-21(14(4)15-9-7-8-10-17(15)24-16)23(27)28-12-20-25-26-22(29-20)19-11-13(3)18(6-2)30-19/h7-11H,5-6,12H2,1-4H3. The lowest BCUT2D eigenvalue weighted by molar-refractivity contribution is 0.0436. The molecule has 0 unspecified atom stereocenters. The van der Waals surface area contributed by atoms with Gasteiger partial charge in [0.2, 0.25) is 0 Å². The van der Waals surface area contributed by atoms with E-state index in [1.165, 1.54) is 10.4 Å². The number of pyridine rings is 1.